The van der Waals surface area contributed by atoms with Crippen molar-refractivity contribution in [3.05, 3.63) is 65.1 Å². The van der Waals surface area contributed by atoms with Crippen molar-refractivity contribution < 1.29 is 4.57 Å². The van der Waals surface area contributed by atoms with Gasteiger partial charge in [-0.1, -0.05) is 148 Å². The summed E-state index contributed by atoms with van der Waals surface area (Å²) in [5.74, 6) is 0. The third kappa shape index (κ3) is 13.4. The minimum absolute atomic E-state index is 0.124. The Morgan fingerprint density at radius 1 is 0.558 bits per heavy atom. The number of aryl methyl sites for hydroxylation is 2. The zero-order valence-electron chi connectivity index (χ0n) is 28.0. The van der Waals surface area contributed by atoms with Crippen LogP contribution in [0, 0.1) is 0 Å². The van der Waals surface area contributed by atoms with Crippen molar-refractivity contribution in [3.63, 3.8) is 0 Å². The number of para-hydroxylation sites is 1. The number of hydrogen-bond acceptors (Lipinski definition) is 1. The standard InChI is InChI=1S/C40H63N2O/c1-3-5-7-9-11-13-15-17-19-21-25-31-41-33-29-36(30-34-41)39-35-40(43)37-27-23-24-28-38(37)42(39)32-26-22-20-18-16-14-12-10-8-6-4-2/h23-24,27-30,33-35H,3-22,25-26,31-32H2,1-2H3/q+1. The van der Waals surface area contributed by atoms with Crippen molar-refractivity contribution >= 4 is 10.9 Å². The van der Waals surface area contributed by atoms with E-state index >= 15 is 0 Å². The predicted molar refractivity (Wildman–Crippen MR) is 187 cm³/mol. The van der Waals surface area contributed by atoms with Gasteiger partial charge in [0.1, 0.15) is 6.54 Å². The van der Waals surface area contributed by atoms with Crippen LogP contribution in [0.4, 0.5) is 0 Å². The minimum Gasteiger partial charge on any atom is -0.340 e. The molecule has 0 bridgehead atoms. The molecule has 2 heterocycles. The zero-order chi connectivity index (χ0) is 30.4. The molecule has 3 nitrogen and oxygen atoms in total. The van der Waals surface area contributed by atoms with E-state index in [0.29, 0.717) is 0 Å². The second kappa shape index (κ2) is 22.1. The lowest BCUT2D eigenvalue weighted by atomic mass is 10.1. The lowest BCUT2D eigenvalue weighted by Crippen LogP contribution is -2.32. The molecule has 0 saturated carbocycles. The average Bonchev–Trinajstić information content (AvgIpc) is 3.03. The van der Waals surface area contributed by atoms with Crippen LogP contribution >= 0.6 is 0 Å². The Bertz CT molecular complexity index is 1180. The molecule has 0 amide bonds. The van der Waals surface area contributed by atoms with Crippen LogP contribution in [0.5, 0.6) is 0 Å². The number of benzene rings is 1. The van der Waals surface area contributed by atoms with Gasteiger partial charge >= 0.3 is 0 Å². The van der Waals surface area contributed by atoms with E-state index in [-0.39, 0.29) is 5.43 Å². The molecule has 43 heavy (non-hydrogen) atoms. The molecule has 0 aliphatic heterocycles. The van der Waals surface area contributed by atoms with Crippen molar-refractivity contribution in [2.45, 2.75) is 168 Å². The molecule has 0 aliphatic rings. The van der Waals surface area contributed by atoms with Crippen LogP contribution in [0.2, 0.25) is 0 Å². The molecular formula is C40H63N2O+. The van der Waals surface area contributed by atoms with Gasteiger partial charge in [0.15, 0.2) is 17.8 Å². The largest absolute Gasteiger partial charge is 0.340 e. The number of fused-ring (bicyclic) bond motifs is 1. The van der Waals surface area contributed by atoms with Crippen LogP contribution in [0.15, 0.2) is 59.7 Å². The first kappa shape index (κ1) is 35.1. The summed E-state index contributed by atoms with van der Waals surface area (Å²) in [5, 5.41) is 0.830. The maximum absolute atomic E-state index is 13.1. The molecular weight excluding hydrogens is 524 g/mol. The van der Waals surface area contributed by atoms with Gasteiger partial charge in [-0.3, -0.25) is 4.79 Å². The maximum Gasteiger partial charge on any atom is 0.190 e. The molecule has 2 aromatic heterocycles. The van der Waals surface area contributed by atoms with Gasteiger partial charge in [-0.25, -0.2) is 4.57 Å². The second-order valence-electron chi connectivity index (χ2n) is 13.0. The van der Waals surface area contributed by atoms with E-state index in [1.807, 2.05) is 18.2 Å². The minimum atomic E-state index is 0.124. The highest BCUT2D eigenvalue weighted by atomic mass is 16.1. The fourth-order valence-corrected chi connectivity index (χ4v) is 6.48. The molecule has 3 aromatic rings. The second-order valence-corrected chi connectivity index (χ2v) is 13.0. The molecule has 0 N–H and O–H groups in total. The Morgan fingerprint density at radius 3 is 1.56 bits per heavy atom. The third-order valence-electron chi connectivity index (χ3n) is 9.21. The summed E-state index contributed by atoms with van der Waals surface area (Å²) in [6.45, 7) is 6.60. The molecule has 0 spiro atoms. The van der Waals surface area contributed by atoms with Gasteiger partial charge in [-0.2, -0.15) is 0 Å². The van der Waals surface area contributed by atoms with Crippen LogP contribution in [0.1, 0.15) is 155 Å². The summed E-state index contributed by atoms with van der Waals surface area (Å²) in [6.07, 6.45) is 34.3. The van der Waals surface area contributed by atoms with E-state index in [1.54, 1.807) is 0 Å². The lowest BCUT2D eigenvalue weighted by Gasteiger charge is -2.17. The fourth-order valence-electron chi connectivity index (χ4n) is 6.48. The van der Waals surface area contributed by atoms with E-state index in [0.717, 1.165) is 41.7 Å². The van der Waals surface area contributed by atoms with Crippen molar-refractivity contribution in [1.29, 1.82) is 0 Å². The summed E-state index contributed by atoms with van der Waals surface area (Å²) in [7, 11) is 0. The number of hydrogen-bond donors (Lipinski definition) is 0. The SMILES string of the molecule is CCCCCCCCCCCCCn1c(-c2cc[n+](CCCCCCCCCCCCC)cc2)cc(=O)c2ccccc21. The Labute approximate surface area is 264 Å². The predicted octanol–water partition coefficient (Wildman–Crippen LogP) is 11.6. The number of pyridine rings is 2. The van der Waals surface area contributed by atoms with Gasteiger partial charge in [-0.15, -0.1) is 0 Å². The van der Waals surface area contributed by atoms with Gasteiger partial charge in [-0.05, 0) is 25.0 Å². The van der Waals surface area contributed by atoms with Gasteiger partial charge < -0.3 is 4.57 Å². The summed E-state index contributed by atoms with van der Waals surface area (Å²) in [5.41, 5.74) is 3.38. The van der Waals surface area contributed by atoms with Crippen molar-refractivity contribution in [2.24, 2.45) is 0 Å². The van der Waals surface area contributed by atoms with Crippen LogP contribution in [0.3, 0.4) is 0 Å². The van der Waals surface area contributed by atoms with Crippen LogP contribution in [0.25, 0.3) is 22.2 Å². The van der Waals surface area contributed by atoms with Gasteiger partial charge in [0.05, 0.1) is 11.2 Å². The first-order valence-electron chi connectivity index (χ1n) is 18.4. The van der Waals surface area contributed by atoms with E-state index < -0.39 is 0 Å². The highest BCUT2D eigenvalue weighted by molar-refractivity contribution is 5.82. The molecule has 0 fully saturated rings. The first-order valence-corrected chi connectivity index (χ1v) is 18.4. The number of rotatable bonds is 25. The van der Waals surface area contributed by atoms with E-state index in [4.69, 9.17) is 0 Å². The third-order valence-corrected chi connectivity index (χ3v) is 9.21. The number of nitrogens with zero attached hydrogens (tertiary/aromatic N) is 2. The van der Waals surface area contributed by atoms with Crippen LogP contribution in [-0.4, -0.2) is 4.57 Å². The molecule has 0 saturated heterocycles. The molecule has 0 unspecified atom stereocenters. The Kier molecular flexibility index (Phi) is 18.1. The lowest BCUT2D eigenvalue weighted by molar-refractivity contribution is -0.697. The van der Waals surface area contributed by atoms with Gasteiger partial charge in [0.25, 0.3) is 0 Å². The molecule has 1 aromatic carbocycles. The van der Waals surface area contributed by atoms with Crippen molar-refractivity contribution in [3.8, 4) is 11.3 Å². The zero-order valence-corrected chi connectivity index (χ0v) is 28.0. The molecule has 0 aliphatic carbocycles. The monoisotopic (exact) mass is 587 g/mol. The maximum atomic E-state index is 13.1. The number of aromatic nitrogens is 2. The topological polar surface area (TPSA) is 25.9 Å². The molecule has 238 valence electrons. The van der Waals surface area contributed by atoms with Crippen molar-refractivity contribution in [1.82, 2.24) is 4.57 Å². The van der Waals surface area contributed by atoms with Gasteiger partial charge in [0.2, 0.25) is 0 Å². The summed E-state index contributed by atoms with van der Waals surface area (Å²) in [6, 6.07) is 14.4. The Balaban J connectivity index is 1.46. The smallest absolute Gasteiger partial charge is 0.190 e. The normalized spacial score (nSPS) is 11.5. The molecule has 0 radical (unpaired) electrons. The van der Waals surface area contributed by atoms with E-state index in [9.17, 15) is 4.79 Å². The van der Waals surface area contributed by atoms with Crippen molar-refractivity contribution in [2.75, 3.05) is 0 Å². The summed E-state index contributed by atoms with van der Waals surface area (Å²) < 4.78 is 4.71. The molecule has 0 atom stereocenters. The fraction of sp³-hybridized carbons (Fsp3) is 0.650. The first-order chi connectivity index (χ1) is 21.2. The number of unbranched alkanes of at least 4 members (excludes halogenated alkanes) is 20. The van der Waals surface area contributed by atoms with Crippen LogP contribution in [-0.2, 0) is 13.1 Å². The van der Waals surface area contributed by atoms with Crippen LogP contribution < -0.4 is 10.00 Å². The Hall–Kier alpha value is -2.42. The van der Waals surface area contributed by atoms with Gasteiger partial charge in [0, 0.05) is 42.1 Å². The van der Waals surface area contributed by atoms with E-state index in [2.05, 4.69) is 59.6 Å². The highest BCUT2D eigenvalue weighted by Crippen LogP contribution is 2.23. The highest BCUT2D eigenvalue weighted by Gasteiger charge is 2.12. The summed E-state index contributed by atoms with van der Waals surface area (Å²) in [4.78, 5) is 13.1. The summed E-state index contributed by atoms with van der Waals surface area (Å²) >= 11 is 0. The molecule has 3 rings (SSSR count). The average molecular weight is 588 g/mol. The molecule has 3 heteroatoms. The van der Waals surface area contributed by atoms with E-state index in [1.165, 1.54) is 135 Å². The Morgan fingerprint density at radius 2 is 1.02 bits per heavy atom. The quantitative estimate of drug-likeness (QED) is 0.0715.